The first-order valence-corrected chi connectivity index (χ1v) is 8.32. The standard InChI is InChI=1S/C16H15N5O3S/c1-10-15(21(23)24)11(2)20(19-10)9-14(22)18-13-5-3-12(4-6-13)16-17-7-8-25-16/h3-8H,9H2,1-2H3,(H,18,22). The third-order valence-corrected chi connectivity index (χ3v) is 4.49. The molecule has 3 rings (SSSR count). The van der Waals surface area contributed by atoms with Crippen LogP contribution in [0, 0.1) is 24.0 Å². The molecular formula is C16H15N5O3S. The lowest BCUT2D eigenvalue weighted by Gasteiger charge is -2.07. The number of benzene rings is 1. The van der Waals surface area contributed by atoms with E-state index in [-0.39, 0.29) is 18.1 Å². The molecule has 0 atom stereocenters. The van der Waals surface area contributed by atoms with E-state index in [0.29, 0.717) is 17.1 Å². The Morgan fingerprint density at radius 3 is 2.60 bits per heavy atom. The van der Waals surface area contributed by atoms with Crippen LogP contribution < -0.4 is 5.32 Å². The Balaban J connectivity index is 1.69. The number of rotatable bonds is 5. The van der Waals surface area contributed by atoms with Crippen molar-refractivity contribution in [1.82, 2.24) is 14.8 Å². The highest BCUT2D eigenvalue weighted by molar-refractivity contribution is 7.13. The molecule has 0 radical (unpaired) electrons. The Hall–Kier alpha value is -3.07. The molecule has 9 heteroatoms. The van der Waals surface area contributed by atoms with Crippen LogP contribution in [0.3, 0.4) is 0 Å². The Labute approximate surface area is 147 Å². The number of hydrogen-bond donors (Lipinski definition) is 1. The first kappa shape index (κ1) is 16.8. The zero-order valence-electron chi connectivity index (χ0n) is 13.6. The minimum Gasteiger partial charge on any atom is -0.324 e. The van der Waals surface area contributed by atoms with Crippen LogP contribution in [0.4, 0.5) is 11.4 Å². The second kappa shape index (κ2) is 6.81. The lowest BCUT2D eigenvalue weighted by Crippen LogP contribution is -2.20. The number of hydrogen-bond acceptors (Lipinski definition) is 6. The fourth-order valence-electron chi connectivity index (χ4n) is 2.50. The number of aromatic nitrogens is 3. The highest BCUT2D eigenvalue weighted by Gasteiger charge is 2.22. The van der Waals surface area contributed by atoms with Crippen LogP contribution >= 0.6 is 11.3 Å². The molecule has 0 unspecified atom stereocenters. The third-order valence-electron chi connectivity index (χ3n) is 3.67. The van der Waals surface area contributed by atoms with Crippen LogP contribution in [0.15, 0.2) is 35.8 Å². The molecule has 0 aliphatic heterocycles. The summed E-state index contributed by atoms with van der Waals surface area (Å²) in [7, 11) is 0. The first-order chi connectivity index (χ1) is 12.0. The molecule has 128 valence electrons. The lowest BCUT2D eigenvalue weighted by atomic mass is 10.2. The van der Waals surface area contributed by atoms with Crippen LogP contribution in [0.2, 0.25) is 0 Å². The Bertz CT molecular complexity index is 916. The number of aryl methyl sites for hydroxylation is 1. The summed E-state index contributed by atoms with van der Waals surface area (Å²) < 4.78 is 1.34. The highest BCUT2D eigenvalue weighted by Crippen LogP contribution is 2.24. The van der Waals surface area contributed by atoms with Crippen LogP contribution in [-0.2, 0) is 11.3 Å². The topological polar surface area (TPSA) is 103 Å². The smallest absolute Gasteiger partial charge is 0.312 e. The summed E-state index contributed by atoms with van der Waals surface area (Å²) in [5, 5.41) is 20.7. The van der Waals surface area contributed by atoms with Gasteiger partial charge in [-0.1, -0.05) is 0 Å². The monoisotopic (exact) mass is 357 g/mol. The number of amides is 1. The summed E-state index contributed by atoms with van der Waals surface area (Å²) in [4.78, 5) is 26.9. The van der Waals surface area contributed by atoms with Gasteiger partial charge in [-0.15, -0.1) is 11.3 Å². The molecule has 0 bridgehead atoms. The van der Waals surface area contributed by atoms with Gasteiger partial charge in [0.25, 0.3) is 0 Å². The molecule has 2 heterocycles. The van der Waals surface area contributed by atoms with Crippen LogP contribution in [0.1, 0.15) is 11.4 Å². The van der Waals surface area contributed by atoms with E-state index in [1.54, 1.807) is 43.5 Å². The minimum atomic E-state index is -0.483. The summed E-state index contributed by atoms with van der Waals surface area (Å²) in [5.74, 6) is -0.303. The normalized spacial score (nSPS) is 10.6. The lowest BCUT2D eigenvalue weighted by molar-refractivity contribution is -0.386. The number of thiazole rings is 1. The summed E-state index contributed by atoms with van der Waals surface area (Å²) in [6, 6.07) is 7.34. The molecule has 0 saturated heterocycles. The number of nitro groups is 1. The molecule has 1 N–H and O–H groups in total. The molecule has 2 aromatic heterocycles. The van der Waals surface area contributed by atoms with Gasteiger partial charge in [-0.05, 0) is 38.1 Å². The molecule has 0 spiro atoms. The predicted octanol–water partition coefficient (Wildman–Crippen LogP) is 3.17. The van der Waals surface area contributed by atoms with Gasteiger partial charge in [0.15, 0.2) is 0 Å². The maximum absolute atomic E-state index is 12.2. The van der Waals surface area contributed by atoms with E-state index in [1.165, 1.54) is 4.68 Å². The van der Waals surface area contributed by atoms with E-state index in [2.05, 4.69) is 15.4 Å². The fraction of sp³-hybridized carbons (Fsp3) is 0.188. The average Bonchev–Trinajstić information content (AvgIpc) is 3.17. The second-order valence-electron chi connectivity index (χ2n) is 5.40. The Morgan fingerprint density at radius 2 is 2.04 bits per heavy atom. The van der Waals surface area contributed by atoms with Crippen LogP contribution in [0.5, 0.6) is 0 Å². The van der Waals surface area contributed by atoms with Gasteiger partial charge in [0, 0.05) is 22.8 Å². The molecule has 0 aliphatic rings. The van der Waals surface area contributed by atoms with Crippen molar-refractivity contribution in [2.75, 3.05) is 5.32 Å². The number of anilines is 1. The van der Waals surface area contributed by atoms with Crippen LogP contribution in [-0.4, -0.2) is 25.6 Å². The Morgan fingerprint density at radius 1 is 1.32 bits per heavy atom. The van der Waals surface area contributed by atoms with Gasteiger partial charge < -0.3 is 5.32 Å². The predicted molar refractivity (Wildman–Crippen MR) is 94.5 cm³/mol. The van der Waals surface area contributed by atoms with Gasteiger partial charge in [-0.25, -0.2) is 4.98 Å². The fourth-order valence-corrected chi connectivity index (χ4v) is 3.15. The molecule has 1 amide bonds. The third kappa shape index (κ3) is 3.56. The SMILES string of the molecule is Cc1nn(CC(=O)Nc2ccc(-c3nccs3)cc2)c(C)c1[N+](=O)[O-]. The first-order valence-electron chi connectivity index (χ1n) is 7.44. The van der Waals surface area contributed by atoms with E-state index < -0.39 is 4.92 Å². The molecule has 0 saturated carbocycles. The van der Waals surface area contributed by atoms with Crippen molar-refractivity contribution in [3.63, 3.8) is 0 Å². The summed E-state index contributed by atoms with van der Waals surface area (Å²) >= 11 is 1.54. The van der Waals surface area contributed by atoms with Gasteiger partial charge >= 0.3 is 5.69 Å². The molecule has 1 aromatic carbocycles. The van der Waals surface area contributed by atoms with Crippen molar-refractivity contribution >= 4 is 28.6 Å². The number of carbonyl (C=O) groups excluding carboxylic acids is 1. The number of nitrogens with zero attached hydrogens (tertiary/aromatic N) is 4. The maximum Gasteiger partial charge on any atom is 0.312 e. The molecule has 0 aliphatic carbocycles. The molecule has 3 aromatic rings. The van der Waals surface area contributed by atoms with Gasteiger partial charge in [-0.2, -0.15) is 5.10 Å². The average molecular weight is 357 g/mol. The summed E-state index contributed by atoms with van der Waals surface area (Å²) in [5.41, 5.74) is 2.21. The minimum absolute atomic E-state index is 0.0550. The van der Waals surface area contributed by atoms with E-state index in [4.69, 9.17) is 0 Å². The van der Waals surface area contributed by atoms with E-state index in [9.17, 15) is 14.9 Å². The number of nitrogens with one attached hydrogen (secondary N) is 1. The quantitative estimate of drug-likeness (QED) is 0.558. The van der Waals surface area contributed by atoms with Crippen molar-refractivity contribution in [2.24, 2.45) is 0 Å². The molecule has 0 fully saturated rings. The van der Waals surface area contributed by atoms with E-state index >= 15 is 0 Å². The molecular weight excluding hydrogens is 342 g/mol. The van der Waals surface area contributed by atoms with Gasteiger partial charge in [-0.3, -0.25) is 19.6 Å². The van der Waals surface area contributed by atoms with E-state index in [0.717, 1.165) is 10.6 Å². The molecule has 8 nitrogen and oxygen atoms in total. The van der Waals surface area contributed by atoms with Crippen molar-refractivity contribution in [2.45, 2.75) is 20.4 Å². The number of carbonyl (C=O) groups is 1. The second-order valence-corrected chi connectivity index (χ2v) is 6.29. The zero-order chi connectivity index (χ0) is 18.0. The van der Waals surface area contributed by atoms with Crippen molar-refractivity contribution in [3.05, 3.63) is 57.3 Å². The molecule has 25 heavy (non-hydrogen) atoms. The van der Waals surface area contributed by atoms with Gasteiger partial charge in [0.2, 0.25) is 5.91 Å². The van der Waals surface area contributed by atoms with Gasteiger partial charge in [0.1, 0.15) is 22.9 Å². The van der Waals surface area contributed by atoms with E-state index in [1.807, 2.05) is 17.5 Å². The largest absolute Gasteiger partial charge is 0.324 e. The van der Waals surface area contributed by atoms with Crippen molar-refractivity contribution in [3.8, 4) is 10.6 Å². The van der Waals surface area contributed by atoms with Crippen molar-refractivity contribution in [1.29, 1.82) is 0 Å². The van der Waals surface area contributed by atoms with Crippen molar-refractivity contribution < 1.29 is 9.72 Å². The Kier molecular flexibility index (Phi) is 4.57. The maximum atomic E-state index is 12.2. The zero-order valence-corrected chi connectivity index (χ0v) is 14.4. The van der Waals surface area contributed by atoms with Gasteiger partial charge in [0.05, 0.1) is 4.92 Å². The highest BCUT2D eigenvalue weighted by atomic mass is 32.1. The van der Waals surface area contributed by atoms with Crippen LogP contribution in [0.25, 0.3) is 10.6 Å². The summed E-state index contributed by atoms with van der Waals surface area (Å²) in [6.45, 7) is 3.04. The summed E-state index contributed by atoms with van der Waals surface area (Å²) in [6.07, 6.45) is 1.74.